The molecule has 2 aromatic carbocycles. The number of rotatable bonds is 7. The normalized spacial score (nSPS) is 11.8. The fourth-order valence-electron chi connectivity index (χ4n) is 3.27. The number of hydrogen-bond donors (Lipinski definition) is 1. The summed E-state index contributed by atoms with van der Waals surface area (Å²) in [7, 11) is 1.64. The molecule has 0 spiro atoms. The Balaban J connectivity index is 1.49. The number of nitrogens with one attached hydrogen (secondary N) is 1. The van der Waals surface area contributed by atoms with Gasteiger partial charge < -0.3 is 19.1 Å². The standard InChI is InChI=1S/C23H21N3O3/c1-28-20-6-4-5-18(15-20)21(26-13-2-3-14-26)16-23(27)25-19-9-7-17(8-10-19)22-11-12-24-29-22/h2-15,21H,16H2,1H3,(H,25,27). The molecule has 0 saturated heterocycles. The van der Waals surface area contributed by atoms with Crippen LogP contribution >= 0.6 is 0 Å². The van der Waals surface area contributed by atoms with Gasteiger partial charge in [-0.3, -0.25) is 4.79 Å². The van der Waals surface area contributed by atoms with Gasteiger partial charge in [0.2, 0.25) is 5.91 Å². The van der Waals surface area contributed by atoms with Gasteiger partial charge in [0.25, 0.3) is 0 Å². The molecule has 1 unspecified atom stereocenters. The lowest BCUT2D eigenvalue weighted by Gasteiger charge is -2.20. The molecule has 0 bridgehead atoms. The molecular formula is C23H21N3O3. The summed E-state index contributed by atoms with van der Waals surface area (Å²) in [6.07, 6.45) is 5.82. The van der Waals surface area contributed by atoms with E-state index in [4.69, 9.17) is 9.26 Å². The monoisotopic (exact) mass is 387 g/mol. The van der Waals surface area contributed by atoms with E-state index in [1.807, 2.05) is 77.6 Å². The molecule has 146 valence electrons. The number of amides is 1. The third-order valence-corrected chi connectivity index (χ3v) is 4.74. The zero-order chi connectivity index (χ0) is 20.1. The van der Waals surface area contributed by atoms with Crippen LogP contribution in [0, 0.1) is 0 Å². The summed E-state index contributed by atoms with van der Waals surface area (Å²) in [4.78, 5) is 12.8. The zero-order valence-corrected chi connectivity index (χ0v) is 16.0. The second-order valence-corrected chi connectivity index (χ2v) is 6.63. The summed E-state index contributed by atoms with van der Waals surface area (Å²) in [6, 6.07) is 20.9. The van der Waals surface area contributed by atoms with Gasteiger partial charge in [-0.05, 0) is 54.1 Å². The first-order valence-electron chi connectivity index (χ1n) is 9.30. The quantitative estimate of drug-likeness (QED) is 0.496. The Morgan fingerprint density at radius 1 is 1.10 bits per heavy atom. The first-order valence-corrected chi connectivity index (χ1v) is 9.30. The van der Waals surface area contributed by atoms with E-state index in [1.165, 1.54) is 0 Å². The minimum Gasteiger partial charge on any atom is -0.497 e. The number of ether oxygens (including phenoxy) is 1. The van der Waals surface area contributed by atoms with E-state index >= 15 is 0 Å². The van der Waals surface area contributed by atoms with Crippen molar-refractivity contribution in [1.29, 1.82) is 0 Å². The van der Waals surface area contributed by atoms with Crippen molar-refractivity contribution >= 4 is 11.6 Å². The number of nitrogens with zero attached hydrogens (tertiary/aromatic N) is 2. The maximum Gasteiger partial charge on any atom is 0.226 e. The van der Waals surface area contributed by atoms with Gasteiger partial charge in [0, 0.05) is 29.7 Å². The van der Waals surface area contributed by atoms with Crippen molar-refractivity contribution in [3.8, 4) is 17.1 Å². The van der Waals surface area contributed by atoms with Crippen molar-refractivity contribution in [3.63, 3.8) is 0 Å². The number of methoxy groups -OCH3 is 1. The van der Waals surface area contributed by atoms with Gasteiger partial charge in [-0.1, -0.05) is 17.3 Å². The van der Waals surface area contributed by atoms with Gasteiger partial charge in [-0.25, -0.2) is 0 Å². The van der Waals surface area contributed by atoms with Crippen molar-refractivity contribution in [1.82, 2.24) is 9.72 Å². The first-order chi connectivity index (χ1) is 14.2. The SMILES string of the molecule is COc1cccc(C(CC(=O)Nc2ccc(-c3ccno3)cc2)n2cccc2)c1. The number of carbonyl (C=O) groups excluding carboxylic acids is 1. The van der Waals surface area contributed by atoms with E-state index in [1.54, 1.807) is 19.4 Å². The van der Waals surface area contributed by atoms with E-state index in [0.717, 1.165) is 22.6 Å². The molecule has 6 nitrogen and oxygen atoms in total. The van der Waals surface area contributed by atoms with Gasteiger partial charge in [-0.2, -0.15) is 0 Å². The number of carbonyl (C=O) groups is 1. The second-order valence-electron chi connectivity index (χ2n) is 6.63. The van der Waals surface area contributed by atoms with Crippen LogP contribution in [0.15, 0.2) is 89.8 Å². The van der Waals surface area contributed by atoms with Gasteiger partial charge in [0.1, 0.15) is 5.75 Å². The summed E-state index contributed by atoms with van der Waals surface area (Å²) in [5, 5.41) is 6.69. The number of benzene rings is 2. The number of hydrogen-bond acceptors (Lipinski definition) is 4. The molecule has 1 amide bonds. The minimum absolute atomic E-state index is 0.0704. The Kier molecular flexibility index (Phi) is 5.42. The smallest absolute Gasteiger partial charge is 0.226 e. The van der Waals surface area contributed by atoms with Crippen LogP contribution in [0.1, 0.15) is 18.0 Å². The summed E-state index contributed by atoms with van der Waals surface area (Å²) in [5.74, 6) is 1.38. The van der Waals surface area contributed by atoms with E-state index in [9.17, 15) is 4.79 Å². The molecule has 0 radical (unpaired) electrons. The predicted molar refractivity (Wildman–Crippen MR) is 111 cm³/mol. The predicted octanol–water partition coefficient (Wildman–Crippen LogP) is 4.77. The van der Waals surface area contributed by atoms with Gasteiger partial charge >= 0.3 is 0 Å². The largest absolute Gasteiger partial charge is 0.497 e. The maximum atomic E-state index is 12.8. The fraction of sp³-hybridized carbons (Fsp3) is 0.130. The molecule has 29 heavy (non-hydrogen) atoms. The third-order valence-electron chi connectivity index (χ3n) is 4.74. The average Bonchev–Trinajstić information content (AvgIpc) is 3.47. The van der Waals surface area contributed by atoms with Crippen LogP contribution in [0.5, 0.6) is 5.75 Å². The molecule has 0 aliphatic heterocycles. The molecule has 0 aliphatic rings. The third kappa shape index (κ3) is 4.38. The Hall–Kier alpha value is -3.80. The van der Waals surface area contributed by atoms with Crippen LogP contribution in [0.2, 0.25) is 0 Å². The Morgan fingerprint density at radius 2 is 1.90 bits per heavy atom. The maximum absolute atomic E-state index is 12.8. The molecule has 1 N–H and O–H groups in total. The number of anilines is 1. The lowest BCUT2D eigenvalue weighted by atomic mass is 10.0. The number of aromatic nitrogens is 2. The lowest BCUT2D eigenvalue weighted by molar-refractivity contribution is -0.116. The van der Waals surface area contributed by atoms with Crippen molar-refractivity contribution in [3.05, 3.63) is 90.9 Å². The molecule has 0 aliphatic carbocycles. The molecule has 6 heteroatoms. The Morgan fingerprint density at radius 3 is 2.59 bits per heavy atom. The first kappa shape index (κ1) is 18.6. The van der Waals surface area contributed by atoms with Crippen molar-refractivity contribution in [2.45, 2.75) is 12.5 Å². The van der Waals surface area contributed by atoms with E-state index < -0.39 is 0 Å². The highest BCUT2D eigenvalue weighted by Crippen LogP contribution is 2.27. The molecule has 1 atom stereocenters. The van der Waals surface area contributed by atoms with Crippen LogP contribution in [-0.4, -0.2) is 22.7 Å². The summed E-state index contributed by atoms with van der Waals surface area (Å²) < 4.78 is 12.5. The topological polar surface area (TPSA) is 69.3 Å². The molecule has 4 aromatic rings. The fourth-order valence-corrected chi connectivity index (χ4v) is 3.27. The molecule has 2 aromatic heterocycles. The average molecular weight is 387 g/mol. The lowest BCUT2D eigenvalue weighted by Crippen LogP contribution is -2.19. The Bertz CT molecular complexity index is 1060. The van der Waals surface area contributed by atoms with Gasteiger partial charge in [-0.15, -0.1) is 0 Å². The highest BCUT2D eigenvalue weighted by Gasteiger charge is 2.18. The van der Waals surface area contributed by atoms with Crippen molar-refractivity contribution in [2.24, 2.45) is 0 Å². The second kappa shape index (κ2) is 8.48. The molecule has 0 saturated carbocycles. The summed E-state index contributed by atoms with van der Waals surface area (Å²) in [6.45, 7) is 0. The molecular weight excluding hydrogens is 366 g/mol. The zero-order valence-electron chi connectivity index (χ0n) is 16.0. The van der Waals surface area contributed by atoms with Crippen molar-refractivity contribution in [2.75, 3.05) is 12.4 Å². The van der Waals surface area contributed by atoms with Crippen LogP contribution in [0.3, 0.4) is 0 Å². The molecule has 4 rings (SSSR count). The van der Waals surface area contributed by atoms with Crippen LogP contribution in [0.4, 0.5) is 5.69 Å². The molecule has 0 fully saturated rings. The van der Waals surface area contributed by atoms with Gasteiger partial charge in [0.05, 0.1) is 25.8 Å². The molecule has 2 heterocycles. The van der Waals surface area contributed by atoms with E-state index in [0.29, 0.717) is 12.2 Å². The van der Waals surface area contributed by atoms with Crippen LogP contribution in [0.25, 0.3) is 11.3 Å². The van der Waals surface area contributed by atoms with E-state index in [2.05, 4.69) is 10.5 Å². The highest BCUT2D eigenvalue weighted by molar-refractivity contribution is 5.91. The highest BCUT2D eigenvalue weighted by atomic mass is 16.5. The Labute approximate surface area is 168 Å². The van der Waals surface area contributed by atoms with Crippen LogP contribution in [-0.2, 0) is 4.79 Å². The van der Waals surface area contributed by atoms with E-state index in [-0.39, 0.29) is 11.9 Å². The van der Waals surface area contributed by atoms with Crippen LogP contribution < -0.4 is 10.1 Å². The minimum atomic E-state index is -0.131. The summed E-state index contributed by atoms with van der Waals surface area (Å²) >= 11 is 0. The van der Waals surface area contributed by atoms with Gasteiger partial charge in [0.15, 0.2) is 5.76 Å². The summed E-state index contributed by atoms with van der Waals surface area (Å²) in [5.41, 5.74) is 2.65. The van der Waals surface area contributed by atoms with Crippen molar-refractivity contribution < 1.29 is 14.1 Å².